The van der Waals surface area contributed by atoms with E-state index in [1.807, 2.05) is 0 Å². The van der Waals surface area contributed by atoms with Crippen LogP contribution in [0.2, 0.25) is 0 Å². The molecule has 0 aliphatic carbocycles. The molecule has 1 heterocycles. The third-order valence-electron chi connectivity index (χ3n) is 0.800. The molecule has 48 valence electrons. The molecular formula is C6H5BrFN. The van der Waals surface area contributed by atoms with E-state index in [0.717, 1.165) is 0 Å². The van der Waals surface area contributed by atoms with Gasteiger partial charge in [-0.05, 0) is 34.9 Å². The van der Waals surface area contributed by atoms with Crippen LogP contribution in [0.4, 0.5) is 4.39 Å². The van der Waals surface area contributed by atoms with Crippen LogP contribution in [0, 0.1) is 12.7 Å². The fraction of sp³-hybridized carbons (Fsp3) is 0.167. The molecule has 0 bridgehead atoms. The Balaban J connectivity index is 3.46. The average Bonchev–Trinajstić information content (AvgIpc) is 1.97. The number of aryl methyl sites for hydroxylation is 1. The molecular weight excluding hydrogens is 185 g/mol. The third-order valence-corrected chi connectivity index (χ3v) is 1.33. The first-order valence-corrected chi connectivity index (χ1v) is 3.12. The molecule has 0 saturated heterocycles. The molecule has 0 amide bonds. The molecule has 0 saturated carbocycles. The molecule has 1 aromatic heterocycles. The van der Waals surface area contributed by atoms with Gasteiger partial charge in [-0.1, -0.05) is 0 Å². The number of rotatable bonds is 0. The summed E-state index contributed by atoms with van der Waals surface area (Å²) in [6.07, 6.45) is 0. The van der Waals surface area contributed by atoms with Gasteiger partial charge in [0.2, 0.25) is 0 Å². The molecule has 1 aromatic rings. The lowest BCUT2D eigenvalue weighted by atomic mass is 10.4. The molecule has 0 atom stereocenters. The number of pyridine rings is 1. The van der Waals surface area contributed by atoms with Gasteiger partial charge in [-0.15, -0.1) is 0 Å². The summed E-state index contributed by atoms with van der Waals surface area (Å²) in [7, 11) is 0. The SMILES string of the molecule is [2H]c1c(C)nc(Br)c(F)c1[2H]. The minimum absolute atomic E-state index is 0.00370. The van der Waals surface area contributed by atoms with Gasteiger partial charge < -0.3 is 0 Å². The van der Waals surface area contributed by atoms with Gasteiger partial charge >= 0.3 is 0 Å². The van der Waals surface area contributed by atoms with Crippen LogP contribution >= 0.6 is 15.9 Å². The molecule has 0 radical (unpaired) electrons. The number of hydrogen-bond donors (Lipinski definition) is 0. The van der Waals surface area contributed by atoms with Crippen LogP contribution in [0.15, 0.2) is 16.7 Å². The van der Waals surface area contributed by atoms with Crippen molar-refractivity contribution in [2.24, 2.45) is 0 Å². The molecule has 0 aliphatic heterocycles. The fourth-order valence-corrected chi connectivity index (χ4v) is 0.786. The monoisotopic (exact) mass is 191 g/mol. The van der Waals surface area contributed by atoms with Gasteiger partial charge in [-0.2, -0.15) is 0 Å². The topological polar surface area (TPSA) is 12.9 Å². The van der Waals surface area contributed by atoms with Crippen molar-refractivity contribution in [3.63, 3.8) is 0 Å². The molecule has 0 aliphatic rings. The highest BCUT2D eigenvalue weighted by molar-refractivity contribution is 9.10. The Morgan fingerprint density at radius 3 is 3.11 bits per heavy atom. The highest BCUT2D eigenvalue weighted by Gasteiger charge is 1.96. The fourth-order valence-electron chi connectivity index (χ4n) is 0.421. The minimum atomic E-state index is -0.777. The van der Waals surface area contributed by atoms with Crippen LogP contribution in [0.1, 0.15) is 8.44 Å². The molecule has 0 fully saturated rings. The van der Waals surface area contributed by atoms with Crippen molar-refractivity contribution < 1.29 is 7.13 Å². The minimum Gasteiger partial charge on any atom is -0.243 e. The van der Waals surface area contributed by atoms with E-state index < -0.39 is 11.9 Å². The predicted molar refractivity (Wildman–Crippen MR) is 36.6 cm³/mol. The summed E-state index contributed by atoms with van der Waals surface area (Å²) in [5.41, 5.74) is 0.350. The predicted octanol–water partition coefficient (Wildman–Crippen LogP) is 2.29. The lowest BCUT2D eigenvalue weighted by Crippen LogP contribution is -1.84. The van der Waals surface area contributed by atoms with Crippen LogP contribution < -0.4 is 0 Å². The average molecular weight is 192 g/mol. The standard InChI is InChI=1S/C6H5BrFN/c1-4-2-3-5(8)6(7)9-4/h2-3H,1H3/i2D,3D. The van der Waals surface area contributed by atoms with Crippen molar-refractivity contribution in [2.75, 3.05) is 0 Å². The smallest absolute Gasteiger partial charge is 0.155 e. The zero-order valence-electron chi connectivity index (χ0n) is 6.70. The first kappa shape index (κ1) is 4.39. The van der Waals surface area contributed by atoms with E-state index in [2.05, 4.69) is 20.9 Å². The number of halogens is 2. The Labute approximate surface area is 63.9 Å². The van der Waals surface area contributed by atoms with Crippen LogP contribution in [-0.2, 0) is 0 Å². The highest BCUT2D eigenvalue weighted by atomic mass is 79.9. The number of nitrogens with zero attached hydrogens (tertiary/aromatic N) is 1. The second-order valence-electron chi connectivity index (χ2n) is 1.55. The summed E-state index contributed by atoms with van der Waals surface area (Å²) in [5, 5.41) is 0. The van der Waals surface area contributed by atoms with Crippen molar-refractivity contribution in [3.05, 3.63) is 28.2 Å². The lowest BCUT2D eigenvalue weighted by Gasteiger charge is -1.92. The van der Waals surface area contributed by atoms with E-state index in [9.17, 15) is 4.39 Å². The Bertz CT molecular complexity index is 277. The summed E-state index contributed by atoms with van der Waals surface area (Å²) >= 11 is 2.84. The van der Waals surface area contributed by atoms with Crippen molar-refractivity contribution in [3.8, 4) is 0 Å². The van der Waals surface area contributed by atoms with E-state index in [4.69, 9.17) is 2.74 Å². The van der Waals surface area contributed by atoms with Crippen molar-refractivity contribution in [2.45, 2.75) is 6.92 Å². The molecule has 0 N–H and O–H groups in total. The summed E-state index contributed by atoms with van der Waals surface area (Å²) in [6.45, 7) is 1.56. The summed E-state index contributed by atoms with van der Waals surface area (Å²) in [4.78, 5) is 3.67. The van der Waals surface area contributed by atoms with Gasteiger partial charge in [0.1, 0.15) is 4.60 Å². The summed E-state index contributed by atoms with van der Waals surface area (Å²) < 4.78 is 27.0. The van der Waals surface area contributed by atoms with E-state index >= 15 is 0 Å². The van der Waals surface area contributed by atoms with Gasteiger partial charge in [0, 0.05) is 5.69 Å². The maximum Gasteiger partial charge on any atom is 0.155 e. The van der Waals surface area contributed by atoms with E-state index in [-0.39, 0.29) is 10.6 Å². The molecule has 3 heteroatoms. The maximum absolute atomic E-state index is 12.8. The Kier molecular flexibility index (Phi) is 1.19. The molecule has 1 nitrogen and oxygen atoms in total. The molecule has 0 aromatic carbocycles. The normalized spacial score (nSPS) is 12.8. The van der Waals surface area contributed by atoms with Gasteiger partial charge in [-0.25, -0.2) is 9.37 Å². The van der Waals surface area contributed by atoms with E-state index in [1.165, 1.54) is 0 Å². The van der Waals surface area contributed by atoms with Gasteiger partial charge in [0.05, 0.1) is 2.74 Å². The molecule has 0 unspecified atom stereocenters. The second kappa shape index (κ2) is 2.43. The van der Waals surface area contributed by atoms with Crippen LogP contribution in [-0.4, -0.2) is 4.98 Å². The number of aromatic nitrogens is 1. The lowest BCUT2D eigenvalue weighted by molar-refractivity contribution is 0.611. The second-order valence-corrected chi connectivity index (χ2v) is 2.30. The molecule has 0 spiro atoms. The van der Waals surface area contributed by atoms with E-state index in [1.54, 1.807) is 6.92 Å². The highest BCUT2D eigenvalue weighted by Crippen LogP contribution is 2.11. The van der Waals surface area contributed by atoms with Crippen molar-refractivity contribution in [1.82, 2.24) is 4.98 Å². The van der Waals surface area contributed by atoms with E-state index in [0.29, 0.717) is 5.69 Å². The first-order chi connectivity index (χ1) is 5.04. The summed E-state index contributed by atoms with van der Waals surface area (Å²) in [5.74, 6) is -0.777. The van der Waals surface area contributed by atoms with Gasteiger partial charge in [0.15, 0.2) is 5.82 Å². The van der Waals surface area contributed by atoms with Crippen molar-refractivity contribution in [1.29, 1.82) is 0 Å². The quantitative estimate of drug-likeness (QED) is 0.574. The van der Waals surface area contributed by atoms with Gasteiger partial charge in [-0.3, -0.25) is 0 Å². The first-order valence-electron chi connectivity index (χ1n) is 3.33. The number of hydrogen-bond acceptors (Lipinski definition) is 1. The van der Waals surface area contributed by atoms with Gasteiger partial charge in [0.25, 0.3) is 0 Å². The Morgan fingerprint density at radius 2 is 2.44 bits per heavy atom. The Morgan fingerprint density at radius 1 is 1.78 bits per heavy atom. The molecule has 9 heavy (non-hydrogen) atoms. The Hall–Kier alpha value is -0.440. The zero-order valence-corrected chi connectivity index (χ0v) is 6.29. The maximum atomic E-state index is 12.8. The third kappa shape index (κ3) is 1.48. The van der Waals surface area contributed by atoms with Crippen LogP contribution in [0.3, 0.4) is 0 Å². The van der Waals surface area contributed by atoms with Crippen LogP contribution in [0.5, 0.6) is 0 Å². The molecule has 1 rings (SSSR count). The summed E-state index contributed by atoms with van der Waals surface area (Å²) in [6, 6.07) is -0.574. The van der Waals surface area contributed by atoms with Crippen LogP contribution in [0.25, 0.3) is 0 Å². The van der Waals surface area contributed by atoms with Crippen molar-refractivity contribution >= 4 is 15.9 Å². The largest absolute Gasteiger partial charge is 0.243 e. The zero-order chi connectivity index (χ0) is 8.59.